The Bertz CT molecular complexity index is 947. The normalized spacial score (nSPS) is 13.0. The first-order valence-electron chi connectivity index (χ1n) is 8.33. The van der Waals surface area contributed by atoms with Gasteiger partial charge in [0, 0.05) is 5.56 Å². The lowest BCUT2D eigenvalue weighted by molar-refractivity contribution is 0.267. The molecule has 4 rings (SSSR count). The first kappa shape index (κ1) is 16.8. The summed E-state index contributed by atoms with van der Waals surface area (Å²) in [4.78, 5) is 10.8. The van der Waals surface area contributed by atoms with Gasteiger partial charge >= 0.3 is 0 Å². The summed E-state index contributed by atoms with van der Waals surface area (Å²) in [6.45, 7) is 0.995. The molecule has 26 heavy (non-hydrogen) atoms. The molecule has 0 saturated carbocycles. The molecule has 1 aliphatic rings. The number of aromatic nitrogens is 2. The van der Waals surface area contributed by atoms with Crippen LogP contribution < -0.4 is 9.64 Å². The molecule has 0 aliphatic carbocycles. The Kier molecular flexibility index (Phi) is 4.49. The fourth-order valence-corrected chi connectivity index (χ4v) is 3.64. The van der Waals surface area contributed by atoms with Crippen molar-refractivity contribution < 1.29 is 9.84 Å². The van der Waals surface area contributed by atoms with E-state index in [1.54, 1.807) is 7.11 Å². The van der Waals surface area contributed by atoms with Gasteiger partial charge in [-0.25, -0.2) is 4.98 Å². The molecule has 5 nitrogen and oxygen atoms in total. The van der Waals surface area contributed by atoms with Gasteiger partial charge in [-0.3, -0.25) is 0 Å². The van der Waals surface area contributed by atoms with Crippen molar-refractivity contribution in [1.29, 1.82) is 0 Å². The summed E-state index contributed by atoms with van der Waals surface area (Å²) in [7, 11) is 1.58. The van der Waals surface area contributed by atoms with Crippen molar-refractivity contribution in [2.75, 3.05) is 12.0 Å². The molecule has 0 unspecified atom stereocenters. The van der Waals surface area contributed by atoms with Gasteiger partial charge in [-0.15, -0.1) is 0 Å². The SMILES string of the molecule is COc1nc(CO)nc2c1CN(c1cccc(-c3ccccc3)c1Cl)C2. The highest BCUT2D eigenvalue weighted by molar-refractivity contribution is 6.36. The largest absolute Gasteiger partial charge is 0.481 e. The van der Waals surface area contributed by atoms with Crippen molar-refractivity contribution in [1.82, 2.24) is 9.97 Å². The minimum absolute atomic E-state index is 0.214. The summed E-state index contributed by atoms with van der Waals surface area (Å²) in [5.74, 6) is 0.878. The molecule has 0 radical (unpaired) electrons. The number of ether oxygens (including phenoxy) is 1. The third-order valence-electron chi connectivity index (χ3n) is 4.53. The van der Waals surface area contributed by atoms with E-state index in [4.69, 9.17) is 16.3 Å². The summed E-state index contributed by atoms with van der Waals surface area (Å²) in [6, 6.07) is 16.1. The lowest BCUT2D eigenvalue weighted by atomic mass is 10.0. The van der Waals surface area contributed by atoms with Crippen LogP contribution in [0.3, 0.4) is 0 Å². The second kappa shape index (κ2) is 6.94. The van der Waals surface area contributed by atoms with E-state index < -0.39 is 0 Å². The van der Waals surface area contributed by atoms with E-state index in [-0.39, 0.29) is 6.61 Å². The van der Waals surface area contributed by atoms with Crippen LogP contribution in [0.5, 0.6) is 5.88 Å². The van der Waals surface area contributed by atoms with E-state index in [1.807, 2.05) is 48.5 Å². The van der Waals surface area contributed by atoms with Crippen LogP contribution in [0.1, 0.15) is 17.1 Å². The van der Waals surface area contributed by atoms with Crippen LogP contribution in [0.4, 0.5) is 5.69 Å². The van der Waals surface area contributed by atoms with E-state index >= 15 is 0 Å². The molecule has 0 amide bonds. The molecule has 1 aromatic heterocycles. The molecule has 6 heteroatoms. The third-order valence-corrected chi connectivity index (χ3v) is 4.93. The van der Waals surface area contributed by atoms with Crippen LogP contribution in [0, 0.1) is 0 Å². The number of methoxy groups -OCH3 is 1. The van der Waals surface area contributed by atoms with E-state index in [0.29, 0.717) is 29.8 Å². The lowest BCUT2D eigenvalue weighted by Crippen LogP contribution is -2.15. The Hall–Kier alpha value is -2.63. The monoisotopic (exact) mass is 367 g/mol. The zero-order valence-corrected chi connectivity index (χ0v) is 15.1. The predicted molar refractivity (Wildman–Crippen MR) is 101 cm³/mol. The highest BCUT2D eigenvalue weighted by Gasteiger charge is 2.27. The molecule has 0 bridgehead atoms. The number of benzene rings is 2. The van der Waals surface area contributed by atoms with Crippen LogP contribution in [0.15, 0.2) is 48.5 Å². The average Bonchev–Trinajstić information content (AvgIpc) is 3.11. The third kappa shape index (κ3) is 2.89. The molecule has 0 saturated heterocycles. The summed E-state index contributed by atoms with van der Waals surface area (Å²) >= 11 is 6.75. The number of fused-ring (bicyclic) bond motifs is 1. The first-order chi connectivity index (χ1) is 12.7. The number of anilines is 1. The fourth-order valence-electron chi connectivity index (χ4n) is 3.29. The number of halogens is 1. The molecular formula is C20H18ClN3O2. The molecule has 3 aromatic rings. The van der Waals surface area contributed by atoms with Crippen molar-refractivity contribution in [2.24, 2.45) is 0 Å². The van der Waals surface area contributed by atoms with Crippen LogP contribution in [0.25, 0.3) is 11.1 Å². The van der Waals surface area contributed by atoms with Crippen molar-refractivity contribution in [3.05, 3.63) is 70.6 Å². The number of hydrogen-bond donors (Lipinski definition) is 1. The van der Waals surface area contributed by atoms with Gasteiger partial charge in [-0.1, -0.05) is 54.1 Å². The van der Waals surface area contributed by atoms with Crippen LogP contribution in [-0.2, 0) is 19.7 Å². The van der Waals surface area contributed by atoms with Gasteiger partial charge in [-0.05, 0) is 11.6 Å². The van der Waals surface area contributed by atoms with Gasteiger partial charge < -0.3 is 14.7 Å². The maximum Gasteiger partial charge on any atom is 0.221 e. The average molecular weight is 368 g/mol. The summed E-state index contributed by atoms with van der Waals surface area (Å²) in [6.07, 6.45) is 0. The van der Waals surface area contributed by atoms with Crippen molar-refractivity contribution in [2.45, 2.75) is 19.7 Å². The number of rotatable bonds is 4. The lowest BCUT2D eigenvalue weighted by Gasteiger charge is -2.20. The van der Waals surface area contributed by atoms with Gasteiger partial charge in [0.2, 0.25) is 5.88 Å². The molecule has 2 heterocycles. The number of hydrogen-bond acceptors (Lipinski definition) is 5. The number of nitrogens with zero attached hydrogens (tertiary/aromatic N) is 3. The highest BCUT2D eigenvalue weighted by Crippen LogP contribution is 2.40. The molecule has 0 fully saturated rings. The summed E-state index contributed by atoms with van der Waals surface area (Å²) in [5.41, 5.74) is 4.82. The maximum atomic E-state index is 9.36. The quantitative estimate of drug-likeness (QED) is 0.759. The summed E-state index contributed by atoms with van der Waals surface area (Å²) in [5, 5.41) is 10.1. The van der Waals surface area contributed by atoms with Crippen LogP contribution in [-0.4, -0.2) is 22.2 Å². The van der Waals surface area contributed by atoms with Gasteiger partial charge in [0.1, 0.15) is 6.61 Å². The van der Waals surface area contributed by atoms with Crippen molar-refractivity contribution in [3.63, 3.8) is 0 Å². The van der Waals surface area contributed by atoms with Crippen molar-refractivity contribution >= 4 is 17.3 Å². The number of aliphatic hydroxyl groups is 1. The molecule has 1 aliphatic heterocycles. The van der Waals surface area contributed by atoms with E-state index in [9.17, 15) is 5.11 Å². The number of aliphatic hydroxyl groups excluding tert-OH is 1. The Morgan fingerprint density at radius 1 is 1.08 bits per heavy atom. The maximum absolute atomic E-state index is 9.36. The molecule has 0 spiro atoms. The molecule has 132 valence electrons. The zero-order chi connectivity index (χ0) is 18.1. The fraction of sp³-hybridized carbons (Fsp3) is 0.200. The van der Waals surface area contributed by atoms with Crippen LogP contribution in [0.2, 0.25) is 5.02 Å². The Morgan fingerprint density at radius 2 is 1.88 bits per heavy atom. The minimum atomic E-state index is -0.214. The molecule has 1 N–H and O–H groups in total. The molecular weight excluding hydrogens is 350 g/mol. The second-order valence-electron chi connectivity index (χ2n) is 6.09. The highest BCUT2D eigenvalue weighted by atomic mass is 35.5. The van der Waals surface area contributed by atoms with Crippen LogP contribution >= 0.6 is 11.6 Å². The van der Waals surface area contributed by atoms with Gasteiger partial charge in [0.25, 0.3) is 0 Å². The summed E-state index contributed by atoms with van der Waals surface area (Å²) < 4.78 is 5.39. The topological polar surface area (TPSA) is 58.5 Å². The Labute approximate surface area is 156 Å². The molecule has 2 aromatic carbocycles. The van der Waals surface area contributed by atoms with Gasteiger partial charge in [0.05, 0.1) is 42.2 Å². The van der Waals surface area contributed by atoms with E-state index in [2.05, 4.69) is 14.9 Å². The van der Waals surface area contributed by atoms with Gasteiger partial charge in [-0.2, -0.15) is 4.98 Å². The van der Waals surface area contributed by atoms with E-state index in [0.717, 1.165) is 28.1 Å². The Morgan fingerprint density at radius 3 is 2.62 bits per heavy atom. The second-order valence-corrected chi connectivity index (χ2v) is 6.47. The van der Waals surface area contributed by atoms with Gasteiger partial charge in [0.15, 0.2) is 5.82 Å². The minimum Gasteiger partial charge on any atom is -0.481 e. The first-order valence-corrected chi connectivity index (χ1v) is 8.71. The predicted octanol–water partition coefficient (Wildman–Crippen LogP) is 3.82. The molecule has 0 atom stereocenters. The van der Waals surface area contributed by atoms with E-state index in [1.165, 1.54) is 0 Å². The van der Waals surface area contributed by atoms with Crippen molar-refractivity contribution in [3.8, 4) is 17.0 Å². The smallest absolute Gasteiger partial charge is 0.221 e. The zero-order valence-electron chi connectivity index (χ0n) is 14.3. The Balaban J connectivity index is 1.72. The standard InChI is InChI=1S/C20H18ClN3O2/c1-26-20-15-10-24(11-16(15)22-18(12-25)23-20)17-9-5-8-14(19(17)21)13-6-3-2-4-7-13/h2-9,25H,10-12H2,1H3.